The van der Waals surface area contributed by atoms with Crippen molar-refractivity contribution >= 4 is 17.3 Å². The summed E-state index contributed by atoms with van der Waals surface area (Å²) in [5.74, 6) is 1.51. The van der Waals surface area contributed by atoms with E-state index in [1.807, 2.05) is 18.2 Å². The average Bonchev–Trinajstić information content (AvgIpc) is 2.48. The lowest BCUT2D eigenvalue weighted by Gasteiger charge is -2.35. The second-order valence-electron chi connectivity index (χ2n) is 4.61. The van der Waals surface area contributed by atoms with Crippen molar-refractivity contribution in [3.63, 3.8) is 0 Å². The zero-order chi connectivity index (χ0) is 13.5. The molecule has 19 heavy (non-hydrogen) atoms. The monoisotopic (exact) mass is 280 g/mol. The van der Waals surface area contributed by atoms with E-state index in [4.69, 9.17) is 16.3 Å². The van der Waals surface area contributed by atoms with Gasteiger partial charge in [0.1, 0.15) is 5.75 Å². The molecule has 3 nitrogen and oxygen atoms in total. The smallest absolute Gasteiger partial charge is 0.119 e. The van der Waals surface area contributed by atoms with Crippen molar-refractivity contribution in [3.05, 3.63) is 36.4 Å². The molecule has 0 radical (unpaired) electrons. The molecule has 0 atom stereocenters. The first-order valence-corrected chi connectivity index (χ1v) is 7.19. The highest BCUT2D eigenvalue weighted by Crippen LogP contribution is 2.20. The normalized spacial score (nSPS) is 17.1. The van der Waals surface area contributed by atoms with Gasteiger partial charge in [0.25, 0.3) is 0 Å². The van der Waals surface area contributed by atoms with E-state index in [9.17, 15) is 0 Å². The lowest BCUT2D eigenvalue weighted by molar-refractivity contribution is 0.284. The molecule has 1 aromatic carbocycles. The standard InChI is InChI=1S/C15H21ClN2O/c1-19-15-6-4-14(5-7-15)18-12-10-17(11-13-18)9-3-2-8-16/h2-7H,8-13H2,1H3. The van der Waals surface area contributed by atoms with Gasteiger partial charge in [-0.3, -0.25) is 4.90 Å². The molecule has 1 aliphatic heterocycles. The van der Waals surface area contributed by atoms with Crippen LogP contribution in [0.1, 0.15) is 0 Å². The Morgan fingerprint density at radius 1 is 1.11 bits per heavy atom. The van der Waals surface area contributed by atoms with Gasteiger partial charge in [0.2, 0.25) is 0 Å². The van der Waals surface area contributed by atoms with Gasteiger partial charge in [-0.15, -0.1) is 11.6 Å². The van der Waals surface area contributed by atoms with Crippen LogP contribution >= 0.6 is 11.6 Å². The molecule has 1 fully saturated rings. The van der Waals surface area contributed by atoms with Crippen molar-refractivity contribution in [3.8, 4) is 5.75 Å². The maximum absolute atomic E-state index is 5.62. The maximum Gasteiger partial charge on any atom is 0.119 e. The van der Waals surface area contributed by atoms with Crippen LogP contribution in [0.4, 0.5) is 5.69 Å². The Bertz CT molecular complexity index is 397. The predicted molar refractivity (Wildman–Crippen MR) is 81.5 cm³/mol. The third-order valence-corrected chi connectivity index (χ3v) is 3.61. The van der Waals surface area contributed by atoms with Gasteiger partial charge in [-0.1, -0.05) is 12.2 Å². The van der Waals surface area contributed by atoms with E-state index in [0.717, 1.165) is 38.5 Å². The zero-order valence-corrected chi connectivity index (χ0v) is 12.1. The number of halogens is 1. The summed E-state index contributed by atoms with van der Waals surface area (Å²) in [4.78, 5) is 4.87. The summed E-state index contributed by atoms with van der Waals surface area (Å²) in [6.45, 7) is 5.34. The molecule has 1 aromatic rings. The highest BCUT2D eigenvalue weighted by Gasteiger charge is 2.15. The number of hydrogen-bond acceptors (Lipinski definition) is 3. The lowest BCUT2D eigenvalue weighted by atomic mass is 10.2. The number of rotatable bonds is 5. The predicted octanol–water partition coefficient (Wildman–Crippen LogP) is 2.61. The van der Waals surface area contributed by atoms with Gasteiger partial charge in [0.05, 0.1) is 7.11 Å². The number of nitrogens with zero attached hydrogens (tertiary/aromatic N) is 2. The molecule has 1 heterocycles. The van der Waals surface area contributed by atoms with Gasteiger partial charge in [0, 0.05) is 44.3 Å². The molecule has 0 amide bonds. The molecular weight excluding hydrogens is 260 g/mol. The van der Waals surface area contributed by atoms with Gasteiger partial charge in [-0.25, -0.2) is 0 Å². The number of piperazine rings is 1. The maximum atomic E-state index is 5.62. The zero-order valence-electron chi connectivity index (χ0n) is 11.4. The number of benzene rings is 1. The minimum atomic E-state index is 0.603. The fraction of sp³-hybridized carbons (Fsp3) is 0.467. The molecule has 2 rings (SSSR count). The quantitative estimate of drug-likeness (QED) is 0.609. The van der Waals surface area contributed by atoms with Crippen LogP contribution in [0.5, 0.6) is 5.75 Å². The Morgan fingerprint density at radius 3 is 2.37 bits per heavy atom. The van der Waals surface area contributed by atoms with E-state index in [0.29, 0.717) is 5.88 Å². The van der Waals surface area contributed by atoms with Gasteiger partial charge >= 0.3 is 0 Å². The topological polar surface area (TPSA) is 15.7 Å². The summed E-state index contributed by atoms with van der Waals surface area (Å²) in [7, 11) is 1.70. The Labute approximate surface area is 120 Å². The van der Waals surface area contributed by atoms with Crippen LogP contribution in [-0.2, 0) is 0 Å². The Morgan fingerprint density at radius 2 is 1.79 bits per heavy atom. The van der Waals surface area contributed by atoms with Crippen LogP contribution in [0.3, 0.4) is 0 Å². The Balaban J connectivity index is 1.83. The Hall–Kier alpha value is -1.19. The molecule has 0 saturated carbocycles. The van der Waals surface area contributed by atoms with E-state index >= 15 is 0 Å². The number of ether oxygens (including phenoxy) is 1. The molecule has 0 spiro atoms. The largest absolute Gasteiger partial charge is 0.497 e. The fourth-order valence-electron chi connectivity index (χ4n) is 2.27. The van der Waals surface area contributed by atoms with Crippen molar-refractivity contribution in [2.75, 3.05) is 50.6 Å². The fourth-order valence-corrected chi connectivity index (χ4v) is 2.39. The third-order valence-electron chi connectivity index (χ3n) is 3.43. The molecule has 0 unspecified atom stereocenters. The molecule has 104 valence electrons. The molecule has 0 aromatic heterocycles. The van der Waals surface area contributed by atoms with E-state index in [2.05, 4.69) is 28.0 Å². The van der Waals surface area contributed by atoms with Crippen LogP contribution in [0.2, 0.25) is 0 Å². The minimum absolute atomic E-state index is 0.603. The highest BCUT2D eigenvalue weighted by molar-refractivity contribution is 6.18. The van der Waals surface area contributed by atoms with E-state index in [1.54, 1.807) is 7.11 Å². The SMILES string of the molecule is COc1ccc(N2CCN(CC=CCCl)CC2)cc1. The van der Waals surface area contributed by atoms with E-state index in [1.165, 1.54) is 5.69 Å². The van der Waals surface area contributed by atoms with Gasteiger partial charge in [-0.05, 0) is 24.3 Å². The Kier molecular flexibility index (Phi) is 5.55. The van der Waals surface area contributed by atoms with Crippen molar-refractivity contribution < 1.29 is 4.74 Å². The van der Waals surface area contributed by atoms with Crippen LogP contribution in [0, 0.1) is 0 Å². The number of allylic oxidation sites excluding steroid dienone is 1. The van der Waals surface area contributed by atoms with Crippen LogP contribution < -0.4 is 9.64 Å². The molecule has 4 heteroatoms. The first-order chi connectivity index (χ1) is 9.33. The first kappa shape index (κ1) is 14.2. The molecule has 0 N–H and O–H groups in total. The number of hydrogen-bond donors (Lipinski definition) is 0. The molecule has 1 saturated heterocycles. The molecule has 1 aliphatic rings. The van der Waals surface area contributed by atoms with E-state index in [-0.39, 0.29) is 0 Å². The lowest BCUT2D eigenvalue weighted by Crippen LogP contribution is -2.46. The second kappa shape index (κ2) is 7.41. The molecule has 0 aliphatic carbocycles. The minimum Gasteiger partial charge on any atom is -0.497 e. The van der Waals surface area contributed by atoms with Crippen LogP contribution in [0.25, 0.3) is 0 Å². The van der Waals surface area contributed by atoms with Gasteiger partial charge in [-0.2, -0.15) is 0 Å². The van der Waals surface area contributed by atoms with Crippen molar-refractivity contribution in [2.24, 2.45) is 0 Å². The second-order valence-corrected chi connectivity index (χ2v) is 4.92. The van der Waals surface area contributed by atoms with Crippen molar-refractivity contribution in [1.29, 1.82) is 0 Å². The van der Waals surface area contributed by atoms with Gasteiger partial charge in [0.15, 0.2) is 0 Å². The third kappa shape index (κ3) is 4.15. The molecular formula is C15H21ClN2O. The van der Waals surface area contributed by atoms with Crippen LogP contribution in [-0.4, -0.2) is 50.6 Å². The number of alkyl halides is 1. The van der Waals surface area contributed by atoms with Gasteiger partial charge < -0.3 is 9.64 Å². The summed E-state index contributed by atoms with van der Waals surface area (Å²) >= 11 is 5.62. The summed E-state index contributed by atoms with van der Waals surface area (Å²) in [6.07, 6.45) is 4.16. The number of anilines is 1. The summed E-state index contributed by atoms with van der Waals surface area (Å²) < 4.78 is 5.18. The summed E-state index contributed by atoms with van der Waals surface area (Å²) in [5, 5.41) is 0. The molecule has 0 bridgehead atoms. The highest BCUT2D eigenvalue weighted by atomic mass is 35.5. The van der Waals surface area contributed by atoms with Crippen molar-refractivity contribution in [1.82, 2.24) is 4.90 Å². The summed E-state index contributed by atoms with van der Waals surface area (Å²) in [6, 6.07) is 8.29. The summed E-state index contributed by atoms with van der Waals surface area (Å²) in [5.41, 5.74) is 1.27. The van der Waals surface area contributed by atoms with E-state index < -0.39 is 0 Å². The average molecular weight is 281 g/mol. The van der Waals surface area contributed by atoms with Crippen molar-refractivity contribution in [2.45, 2.75) is 0 Å². The first-order valence-electron chi connectivity index (χ1n) is 6.66. The van der Waals surface area contributed by atoms with Crippen LogP contribution in [0.15, 0.2) is 36.4 Å². The number of methoxy groups -OCH3 is 1.